The van der Waals surface area contributed by atoms with E-state index >= 15 is 0 Å². The van der Waals surface area contributed by atoms with Gasteiger partial charge in [0, 0.05) is 29.5 Å². The van der Waals surface area contributed by atoms with Gasteiger partial charge in [0.05, 0.1) is 6.61 Å². The molecule has 0 saturated carbocycles. The van der Waals surface area contributed by atoms with Gasteiger partial charge in [-0.05, 0) is 31.2 Å². The molecule has 0 fully saturated rings. The van der Waals surface area contributed by atoms with Crippen molar-refractivity contribution < 1.29 is 29.1 Å². The summed E-state index contributed by atoms with van der Waals surface area (Å²) >= 11 is 0. The number of nitrogens with two attached hydrogens (primary N) is 1. The van der Waals surface area contributed by atoms with Crippen molar-refractivity contribution in [3.63, 3.8) is 0 Å². The van der Waals surface area contributed by atoms with E-state index in [9.17, 15) is 14.4 Å². The van der Waals surface area contributed by atoms with Crippen LogP contribution in [0.4, 0.5) is 0 Å². The predicted molar refractivity (Wildman–Crippen MR) is 105 cm³/mol. The number of hydrogen-bond acceptors (Lipinski definition) is 7. The van der Waals surface area contributed by atoms with Gasteiger partial charge in [-0.3, -0.25) is 9.59 Å². The maximum Gasteiger partial charge on any atom is 0.344 e. The molecule has 8 heteroatoms. The molecule has 29 heavy (non-hydrogen) atoms. The number of nitrogens with zero attached hydrogens (tertiary/aromatic N) is 1. The van der Waals surface area contributed by atoms with Gasteiger partial charge in [-0.2, -0.15) is 0 Å². The van der Waals surface area contributed by atoms with Crippen molar-refractivity contribution in [3.8, 4) is 5.75 Å². The Morgan fingerprint density at radius 1 is 0.897 bits per heavy atom. The van der Waals surface area contributed by atoms with E-state index in [4.69, 9.17) is 20.4 Å². The molecule has 0 aliphatic heterocycles. The molecular formula is C21H22N2O6. The van der Waals surface area contributed by atoms with Crippen molar-refractivity contribution in [1.29, 1.82) is 0 Å². The Kier molecular flexibility index (Phi) is 7.90. The van der Waals surface area contributed by atoms with Crippen molar-refractivity contribution in [1.82, 2.24) is 0 Å². The quantitative estimate of drug-likeness (QED) is 0.157. The predicted octanol–water partition coefficient (Wildman–Crippen LogP) is 2.57. The van der Waals surface area contributed by atoms with Crippen molar-refractivity contribution in [3.05, 3.63) is 65.2 Å². The van der Waals surface area contributed by atoms with E-state index in [1.165, 1.54) is 0 Å². The summed E-state index contributed by atoms with van der Waals surface area (Å²) in [6.45, 7) is 1.79. The number of carbonyl (C=O) groups is 3. The van der Waals surface area contributed by atoms with Crippen LogP contribution in [0.2, 0.25) is 0 Å². The molecule has 0 spiro atoms. The Labute approximate surface area is 167 Å². The van der Waals surface area contributed by atoms with Gasteiger partial charge < -0.3 is 20.4 Å². The smallest absolute Gasteiger partial charge is 0.344 e. The van der Waals surface area contributed by atoms with E-state index in [1.54, 1.807) is 55.5 Å². The lowest BCUT2D eigenvalue weighted by Crippen LogP contribution is -2.14. The SMILES string of the molecule is CCOC(=O)COc1ccc(C(=O)CCC(=O)c2ccc(/C(N)=N/O)cc2)cc1. The van der Waals surface area contributed by atoms with Crippen LogP contribution in [0.15, 0.2) is 53.7 Å². The lowest BCUT2D eigenvalue weighted by molar-refractivity contribution is -0.145. The fraction of sp³-hybridized carbons (Fsp3) is 0.238. The van der Waals surface area contributed by atoms with Crippen LogP contribution in [-0.4, -0.2) is 41.8 Å². The third-order valence-corrected chi connectivity index (χ3v) is 4.03. The minimum absolute atomic E-state index is 0.0474. The maximum atomic E-state index is 12.3. The average molecular weight is 398 g/mol. The van der Waals surface area contributed by atoms with Crippen LogP contribution in [0.5, 0.6) is 5.75 Å². The standard InChI is InChI=1S/C21H22N2O6/c1-2-28-20(26)13-29-17-9-7-15(8-10-17)19(25)12-11-18(24)14-3-5-16(6-4-14)21(22)23-27/h3-10,27H,2,11-13H2,1H3,(H2,22,23). The molecule has 0 unspecified atom stereocenters. The number of esters is 1. The van der Waals surface area contributed by atoms with E-state index in [1.807, 2.05) is 0 Å². The summed E-state index contributed by atoms with van der Waals surface area (Å²) in [5.74, 6) is -0.432. The summed E-state index contributed by atoms with van der Waals surface area (Å²) in [7, 11) is 0. The molecule has 2 aromatic carbocycles. The third kappa shape index (κ3) is 6.46. The molecule has 0 amide bonds. The summed E-state index contributed by atoms with van der Waals surface area (Å²) in [6, 6.07) is 12.6. The van der Waals surface area contributed by atoms with Gasteiger partial charge in [-0.25, -0.2) is 4.79 Å². The summed E-state index contributed by atoms with van der Waals surface area (Å²) in [5.41, 5.74) is 6.86. The normalized spacial score (nSPS) is 11.0. The summed E-state index contributed by atoms with van der Waals surface area (Å²) in [4.78, 5) is 35.8. The van der Waals surface area contributed by atoms with Crippen LogP contribution in [0.1, 0.15) is 46.0 Å². The number of carbonyl (C=O) groups excluding carboxylic acids is 3. The van der Waals surface area contributed by atoms with Crippen LogP contribution in [0.25, 0.3) is 0 Å². The van der Waals surface area contributed by atoms with Crippen molar-refractivity contribution >= 4 is 23.4 Å². The largest absolute Gasteiger partial charge is 0.482 e. The Morgan fingerprint density at radius 2 is 1.38 bits per heavy atom. The van der Waals surface area contributed by atoms with Gasteiger partial charge in [0.1, 0.15) is 5.75 Å². The minimum Gasteiger partial charge on any atom is -0.482 e. The second-order valence-corrected chi connectivity index (χ2v) is 6.03. The summed E-state index contributed by atoms with van der Waals surface area (Å²) < 4.78 is 10.0. The lowest BCUT2D eigenvalue weighted by Gasteiger charge is -2.07. The molecule has 2 aromatic rings. The first-order valence-electron chi connectivity index (χ1n) is 8.97. The highest BCUT2D eigenvalue weighted by atomic mass is 16.6. The number of ether oxygens (including phenoxy) is 2. The van der Waals surface area contributed by atoms with Gasteiger partial charge in [-0.1, -0.05) is 29.4 Å². The van der Waals surface area contributed by atoms with E-state index in [0.717, 1.165) is 0 Å². The third-order valence-electron chi connectivity index (χ3n) is 4.03. The number of hydrogen-bond donors (Lipinski definition) is 2. The number of oxime groups is 1. The van der Waals surface area contributed by atoms with Crippen molar-refractivity contribution in [2.75, 3.05) is 13.2 Å². The topological polar surface area (TPSA) is 128 Å². The molecule has 152 valence electrons. The Balaban J connectivity index is 1.86. The van der Waals surface area contributed by atoms with Crippen LogP contribution >= 0.6 is 0 Å². The maximum absolute atomic E-state index is 12.3. The molecule has 0 bridgehead atoms. The highest BCUT2D eigenvalue weighted by Crippen LogP contribution is 2.15. The molecule has 0 heterocycles. The van der Waals surface area contributed by atoms with Crippen LogP contribution < -0.4 is 10.5 Å². The molecule has 8 nitrogen and oxygen atoms in total. The summed E-state index contributed by atoms with van der Waals surface area (Å²) in [5, 5.41) is 11.5. The van der Waals surface area contributed by atoms with E-state index in [2.05, 4.69) is 5.16 Å². The zero-order valence-corrected chi connectivity index (χ0v) is 16.0. The fourth-order valence-corrected chi connectivity index (χ4v) is 2.48. The molecule has 0 radical (unpaired) electrons. The van der Waals surface area contributed by atoms with Gasteiger partial charge in [0.25, 0.3) is 0 Å². The highest BCUT2D eigenvalue weighted by molar-refractivity contribution is 6.03. The number of ketones is 2. The number of benzene rings is 2. The van der Waals surface area contributed by atoms with Gasteiger partial charge in [-0.15, -0.1) is 0 Å². The summed E-state index contributed by atoms with van der Waals surface area (Å²) in [6.07, 6.45) is 0.118. The molecule has 2 rings (SSSR count). The molecule has 0 aliphatic rings. The first-order valence-corrected chi connectivity index (χ1v) is 8.97. The van der Waals surface area contributed by atoms with E-state index in [-0.39, 0.29) is 43.5 Å². The van der Waals surface area contributed by atoms with Crippen LogP contribution in [-0.2, 0) is 9.53 Å². The number of amidine groups is 1. The molecule has 0 aromatic heterocycles. The van der Waals surface area contributed by atoms with E-state index < -0.39 is 5.97 Å². The molecular weight excluding hydrogens is 376 g/mol. The van der Waals surface area contributed by atoms with Crippen molar-refractivity contribution in [2.45, 2.75) is 19.8 Å². The second-order valence-electron chi connectivity index (χ2n) is 6.03. The second kappa shape index (κ2) is 10.6. The van der Waals surface area contributed by atoms with Gasteiger partial charge >= 0.3 is 5.97 Å². The van der Waals surface area contributed by atoms with Gasteiger partial charge in [0.2, 0.25) is 0 Å². The van der Waals surface area contributed by atoms with E-state index in [0.29, 0.717) is 22.4 Å². The molecule has 0 aliphatic carbocycles. The number of Topliss-reactive ketones (excluding diaryl/α,β-unsaturated/α-hetero) is 2. The lowest BCUT2D eigenvalue weighted by atomic mass is 10.0. The Hall–Kier alpha value is -3.68. The van der Waals surface area contributed by atoms with Crippen LogP contribution in [0, 0.1) is 0 Å². The minimum atomic E-state index is -0.467. The first-order chi connectivity index (χ1) is 13.9. The van der Waals surface area contributed by atoms with Gasteiger partial charge in [0.15, 0.2) is 24.0 Å². The average Bonchev–Trinajstić information content (AvgIpc) is 2.76. The van der Waals surface area contributed by atoms with Crippen LogP contribution in [0.3, 0.4) is 0 Å². The molecule has 0 atom stereocenters. The Bertz CT molecular complexity index is 888. The Morgan fingerprint density at radius 3 is 1.86 bits per heavy atom. The first kappa shape index (κ1) is 21.6. The molecule has 3 N–H and O–H groups in total. The van der Waals surface area contributed by atoms with Crippen molar-refractivity contribution in [2.24, 2.45) is 10.9 Å². The zero-order chi connectivity index (χ0) is 21.2. The fourth-order valence-electron chi connectivity index (χ4n) is 2.48. The monoisotopic (exact) mass is 398 g/mol. The molecule has 0 saturated heterocycles. The number of rotatable bonds is 10. The zero-order valence-electron chi connectivity index (χ0n) is 16.0. The highest BCUT2D eigenvalue weighted by Gasteiger charge is 2.12.